The molecule has 0 fully saturated rings. The summed E-state index contributed by atoms with van der Waals surface area (Å²) in [7, 11) is 0. The quantitative estimate of drug-likeness (QED) is 0.867. The van der Waals surface area contributed by atoms with Crippen molar-refractivity contribution in [2.45, 2.75) is 12.8 Å². The van der Waals surface area contributed by atoms with Crippen molar-refractivity contribution in [2.75, 3.05) is 11.4 Å². The van der Waals surface area contributed by atoms with Gasteiger partial charge in [-0.1, -0.05) is 30.3 Å². The first-order valence-corrected chi connectivity index (χ1v) is 7.46. The Morgan fingerprint density at radius 2 is 1.88 bits per heavy atom. The van der Waals surface area contributed by atoms with Crippen LogP contribution in [0.25, 0.3) is 0 Å². The van der Waals surface area contributed by atoms with E-state index in [1.54, 1.807) is 41.3 Å². The van der Waals surface area contributed by atoms with E-state index in [2.05, 4.69) is 10.1 Å². The molecule has 25 heavy (non-hydrogen) atoms. The van der Waals surface area contributed by atoms with Gasteiger partial charge < -0.3 is 20.7 Å². The molecule has 2 amide bonds. The van der Waals surface area contributed by atoms with Crippen LogP contribution in [0, 0.1) is 0 Å². The summed E-state index contributed by atoms with van der Waals surface area (Å²) < 4.78 is 29.9. The van der Waals surface area contributed by atoms with Gasteiger partial charge in [0.05, 0.1) is 17.8 Å². The van der Waals surface area contributed by atoms with Crippen LogP contribution >= 0.6 is 0 Å². The molecule has 1 aliphatic heterocycles. The summed E-state index contributed by atoms with van der Waals surface area (Å²) in [6, 6.07) is 12.8. The molecule has 1 atom stereocenters. The van der Waals surface area contributed by atoms with Gasteiger partial charge in [-0.25, -0.2) is 0 Å². The van der Waals surface area contributed by atoms with Crippen molar-refractivity contribution in [3.63, 3.8) is 0 Å². The van der Waals surface area contributed by atoms with Crippen LogP contribution in [-0.2, 0) is 4.79 Å². The lowest BCUT2D eigenvalue weighted by molar-refractivity contribution is -0.116. The molecule has 2 aromatic rings. The molecule has 1 aliphatic rings. The fraction of sp³-hybridized carbons (Fsp3) is 0.176. The Bertz CT molecular complexity index is 813. The van der Waals surface area contributed by atoms with E-state index < -0.39 is 18.7 Å². The van der Waals surface area contributed by atoms with Crippen LogP contribution < -0.4 is 20.7 Å². The van der Waals surface area contributed by atoms with Crippen LogP contribution in [0.5, 0.6) is 5.75 Å². The highest BCUT2D eigenvalue weighted by atomic mass is 19.3. The minimum atomic E-state index is -3.02. The first kappa shape index (κ1) is 16.7. The smallest absolute Gasteiger partial charge is 0.387 e. The van der Waals surface area contributed by atoms with Crippen LogP contribution in [0.1, 0.15) is 22.1 Å². The number of ether oxygens (including phenoxy) is 1. The zero-order valence-corrected chi connectivity index (χ0v) is 13.0. The first-order chi connectivity index (χ1) is 12.0. The number of nitrogens with two attached hydrogens (primary N) is 1. The Labute approximate surface area is 142 Å². The van der Waals surface area contributed by atoms with Gasteiger partial charge in [0.25, 0.3) is 5.91 Å². The number of alkyl halides is 2. The fourth-order valence-electron chi connectivity index (χ4n) is 2.83. The number of carbonyl (C=O) groups is 2. The highest BCUT2D eigenvalue weighted by Crippen LogP contribution is 2.36. The van der Waals surface area contributed by atoms with Crippen molar-refractivity contribution < 1.29 is 23.1 Å². The minimum absolute atomic E-state index is 0.0864. The lowest BCUT2D eigenvalue weighted by Crippen LogP contribution is -2.49. The maximum Gasteiger partial charge on any atom is 0.387 e. The summed E-state index contributed by atoms with van der Waals surface area (Å²) in [6.07, 6.45) is -0.871. The third kappa shape index (κ3) is 3.37. The molecule has 0 bridgehead atoms. The summed E-state index contributed by atoms with van der Waals surface area (Å²) in [5.74, 6) is -1.09. The molecule has 3 rings (SSSR count). The van der Waals surface area contributed by atoms with E-state index in [1.807, 2.05) is 0 Å². The maximum atomic E-state index is 12.7. The first-order valence-electron chi connectivity index (χ1n) is 7.46. The average molecular weight is 347 g/mol. The van der Waals surface area contributed by atoms with Crippen molar-refractivity contribution in [1.29, 1.82) is 0 Å². The molecule has 0 radical (unpaired) electrons. The molecular weight excluding hydrogens is 332 g/mol. The summed E-state index contributed by atoms with van der Waals surface area (Å²) in [6.45, 7) is -3.22. The van der Waals surface area contributed by atoms with E-state index in [1.165, 1.54) is 12.1 Å². The van der Waals surface area contributed by atoms with Gasteiger partial charge in [0.2, 0.25) is 5.91 Å². The van der Waals surface area contributed by atoms with Crippen molar-refractivity contribution in [3.8, 4) is 5.75 Å². The Kier molecular flexibility index (Phi) is 4.51. The van der Waals surface area contributed by atoms with Gasteiger partial charge in [-0.15, -0.1) is 0 Å². The number of hydrogen-bond donors (Lipinski definition) is 2. The van der Waals surface area contributed by atoms with Gasteiger partial charge in [0.15, 0.2) is 0 Å². The van der Waals surface area contributed by atoms with Crippen LogP contribution in [0.15, 0.2) is 48.5 Å². The van der Waals surface area contributed by atoms with Crippen molar-refractivity contribution >= 4 is 17.5 Å². The van der Waals surface area contributed by atoms with E-state index in [0.29, 0.717) is 16.8 Å². The number of nitrogens with one attached hydrogen (secondary N) is 1. The van der Waals surface area contributed by atoms with Crippen LogP contribution in [0.4, 0.5) is 14.5 Å². The van der Waals surface area contributed by atoms with Gasteiger partial charge in [-0.05, 0) is 18.2 Å². The van der Waals surface area contributed by atoms with E-state index in [0.717, 1.165) is 0 Å². The number of para-hydroxylation sites is 2. The molecule has 0 saturated heterocycles. The minimum Gasteiger partial charge on any atom is -0.434 e. The van der Waals surface area contributed by atoms with E-state index in [4.69, 9.17) is 5.73 Å². The maximum absolute atomic E-state index is 12.7. The second-order valence-electron chi connectivity index (χ2n) is 5.40. The van der Waals surface area contributed by atoms with Gasteiger partial charge in [0.1, 0.15) is 11.9 Å². The standard InChI is InChI=1S/C17H15F2N3O3/c18-17(19)25-13-8-4-2-6-11(13)15-21-16(24)10-5-1-3-7-12(10)22(15)9-14(20)23/h1-8,15,17H,9H2,(H2,20,23)(H,21,24)/t15-/m1/s1. The number of amides is 2. The summed E-state index contributed by atoms with van der Waals surface area (Å²) in [5, 5.41) is 2.71. The Hall–Kier alpha value is -3.16. The number of rotatable bonds is 5. The highest BCUT2D eigenvalue weighted by Gasteiger charge is 2.34. The Morgan fingerprint density at radius 1 is 1.20 bits per heavy atom. The largest absolute Gasteiger partial charge is 0.434 e. The molecule has 8 heteroatoms. The number of benzene rings is 2. The summed E-state index contributed by atoms with van der Waals surface area (Å²) >= 11 is 0. The van der Waals surface area contributed by atoms with Crippen LogP contribution in [-0.4, -0.2) is 25.0 Å². The Balaban J connectivity index is 2.09. The number of primary amides is 1. The third-order valence-corrected chi connectivity index (χ3v) is 3.79. The number of nitrogens with zero attached hydrogens (tertiary/aromatic N) is 1. The van der Waals surface area contributed by atoms with Gasteiger partial charge in [-0.3, -0.25) is 9.59 Å². The van der Waals surface area contributed by atoms with Crippen molar-refractivity contribution in [2.24, 2.45) is 5.73 Å². The highest BCUT2D eigenvalue weighted by molar-refractivity contribution is 6.02. The topological polar surface area (TPSA) is 84.7 Å². The molecule has 0 spiro atoms. The van der Waals surface area contributed by atoms with Crippen LogP contribution in [0.3, 0.4) is 0 Å². The SMILES string of the molecule is NC(=O)CN1c2ccccc2C(=O)N[C@H]1c1ccccc1OC(F)F. The molecule has 0 aliphatic carbocycles. The van der Waals surface area contributed by atoms with Gasteiger partial charge >= 0.3 is 6.61 Å². The fourth-order valence-corrected chi connectivity index (χ4v) is 2.83. The number of halogens is 2. The summed E-state index contributed by atoms with van der Waals surface area (Å²) in [5.41, 5.74) is 6.48. The molecular formula is C17H15F2N3O3. The normalized spacial score (nSPS) is 16.4. The van der Waals surface area contributed by atoms with E-state index in [9.17, 15) is 18.4 Å². The summed E-state index contributed by atoms with van der Waals surface area (Å²) in [4.78, 5) is 25.5. The molecule has 0 saturated carbocycles. The number of hydrogen-bond acceptors (Lipinski definition) is 4. The number of carbonyl (C=O) groups excluding carboxylic acids is 2. The molecule has 6 nitrogen and oxygen atoms in total. The lowest BCUT2D eigenvalue weighted by Gasteiger charge is -2.38. The zero-order chi connectivity index (χ0) is 18.0. The second-order valence-corrected chi connectivity index (χ2v) is 5.40. The van der Waals surface area contributed by atoms with Crippen molar-refractivity contribution in [3.05, 3.63) is 59.7 Å². The molecule has 2 aromatic carbocycles. The zero-order valence-electron chi connectivity index (χ0n) is 13.0. The molecule has 0 unspecified atom stereocenters. The van der Waals surface area contributed by atoms with Gasteiger partial charge in [0, 0.05) is 5.56 Å². The predicted octanol–water partition coefficient (Wildman–Crippen LogP) is 2.02. The Morgan fingerprint density at radius 3 is 2.60 bits per heavy atom. The van der Waals surface area contributed by atoms with Gasteiger partial charge in [-0.2, -0.15) is 8.78 Å². The molecule has 130 valence electrons. The van der Waals surface area contributed by atoms with E-state index in [-0.39, 0.29) is 18.2 Å². The average Bonchev–Trinajstić information content (AvgIpc) is 2.57. The number of fused-ring (bicyclic) bond motifs is 1. The third-order valence-electron chi connectivity index (χ3n) is 3.79. The molecule has 3 N–H and O–H groups in total. The molecule has 0 aromatic heterocycles. The lowest BCUT2D eigenvalue weighted by atomic mass is 10.0. The van der Waals surface area contributed by atoms with Crippen molar-refractivity contribution in [1.82, 2.24) is 5.32 Å². The second kappa shape index (κ2) is 6.76. The predicted molar refractivity (Wildman–Crippen MR) is 86.3 cm³/mol. The number of anilines is 1. The van der Waals surface area contributed by atoms with E-state index >= 15 is 0 Å². The van der Waals surface area contributed by atoms with Crippen LogP contribution in [0.2, 0.25) is 0 Å². The monoisotopic (exact) mass is 347 g/mol. The molecule has 1 heterocycles.